The molecule has 4 nitrogen and oxygen atoms in total. The second-order valence-electron chi connectivity index (χ2n) is 2.86. The molecule has 78 valence electrons. The number of hydrogen-bond acceptors (Lipinski definition) is 4. The van der Waals surface area contributed by atoms with Crippen LogP contribution < -0.4 is 5.32 Å². The Hall–Kier alpha value is -0.610. The molecule has 0 aliphatic carbocycles. The Morgan fingerprint density at radius 1 is 1.31 bits per heavy atom. The summed E-state index contributed by atoms with van der Waals surface area (Å²) in [6.45, 7) is 1.99. The van der Waals surface area contributed by atoms with Gasteiger partial charge < -0.3 is 15.2 Å². The fourth-order valence-electron chi connectivity index (χ4n) is 0.947. The van der Waals surface area contributed by atoms with Crippen LogP contribution in [0.5, 0.6) is 0 Å². The first-order chi connectivity index (χ1) is 6.31. The van der Waals surface area contributed by atoms with E-state index in [1.807, 2.05) is 0 Å². The quantitative estimate of drug-likeness (QED) is 0.426. The van der Waals surface area contributed by atoms with Crippen molar-refractivity contribution in [3.8, 4) is 0 Å². The molecule has 13 heavy (non-hydrogen) atoms. The first-order valence-electron chi connectivity index (χ1n) is 4.69. The van der Waals surface area contributed by atoms with Crippen LogP contribution in [0, 0.1) is 0 Å². The maximum absolute atomic E-state index is 10.7. The number of aliphatic hydroxyl groups is 1. The largest absolute Gasteiger partial charge is 0.469 e. The van der Waals surface area contributed by atoms with Gasteiger partial charge in [-0.25, -0.2) is 0 Å². The zero-order valence-electron chi connectivity index (χ0n) is 8.21. The third-order valence-electron chi connectivity index (χ3n) is 1.72. The van der Waals surface area contributed by atoms with Gasteiger partial charge in [0.05, 0.1) is 7.11 Å². The molecule has 0 bridgehead atoms. The topological polar surface area (TPSA) is 58.6 Å². The number of rotatable bonds is 8. The molecule has 4 heteroatoms. The minimum absolute atomic E-state index is 0.155. The summed E-state index contributed by atoms with van der Waals surface area (Å²) >= 11 is 0. The Morgan fingerprint density at radius 2 is 2.00 bits per heavy atom. The maximum atomic E-state index is 10.7. The lowest BCUT2D eigenvalue weighted by molar-refractivity contribution is -0.140. The fraction of sp³-hybridized carbons (Fsp3) is 0.889. The lowest BCUT2D eigenvalue weighted by Crippen LogP contribution is -2.18. The normalized spacial score (nSPS) is 10.0. The van der Waals surface area contributed by atoms with E-state index in [1.165, 1.54) is 7.11 Å². The van der Waals surface area contributed by atoms with Crippen molar-refractivity contribution in [3.63, 3.8) is 0 Å². The molecule has 0 aliphatic rings. The summed E-state index contributed by atoms with van der Waals surface area (Å²) in [6, 6.07) is 0. The zero-order chi connectivity index (χ0) is 9.94. The number of ether oxygens (including phenoxy) is 1. The predicted octanol–water partition coefficient (Wildman–Crippen LogP) is 0.302. The second kappa shape index (κ2) is 9.48. The minimum atomic E-state index is -0.155. The van der Waals surface area contributed by atoms with Crippen molar-refractivity contribution in [2.24, 2.45) is 0 Å². The van der Waals surface area contributed by atoms with Crippen molar-refractivity contribution >= 4 is 5.97 Å². The van der Waals surface area contributed by atoms with Crippen LogP contribution in [0.25, 0.3) is 0 Å². The Labute approximate surface area is 79.3 Å². The Bertz CT molecular complexity index is 128. The van der Waals surface area contributed by atoms with Crippen LogP contribution in [0.15, 0.2) is 0 Å². The molecular weight excluding hydrogens is 170 g/mol. The predicted molar refractivity (Wildman–Crippen MR) is 50.4 cm³/mol. The molecule has 0 aromatic heterocycles. The SMILES string of the molecule is COC(=O)CCCNCCCCO. The molecule has 0 saturated carbocycles. The van der Waals surface area contributed by atoms with Gasteiger partial charge in [0, 0.05) is 13.0 Å². The summed E-state index contributed by atoms with van der Waals surface area (Å²) in [4.78, 5) is 10.7. The van der Waals surface area contributed by atoms with E-state index in [0.717, 1.165) is 32.4 Å². The molecule has 0 heterocycles. The van der Waals surface area contributed by atoms with Gasteiger partial charge in [-0.2, -0.15) is 0 Å². The highest BCUT2D eigenvalue weighted by Gasteiger charge is 1.97. The fourth-order valence-corrected chi connectivity index (χ4v) is 0.947. The molecule has 0 rings (SSSR count). The molecule has 0 spiro atoms. The van der Waals surface area contributed by atoms with Crippen molar-refractivity contribution in [2.45, 2.75) is 25.7 Å². The number of carbonyl (C=O) groups excluding carboxylic acids is 1. The third-order valence-corrected chi connectivity index (χ3v) is 1.72. The number of carbonyl (C=O) groups is 1. The summed E-state index contributed by atoms with van der Waals surface area (Å²) in [7, 11) is 1.40. The number of unbranched alkanes of at least 4 members (excludes halogenated alkanes) is 1. The summed E-state index contributed by atoms with van der Waals surface area (Å²) in [6.07, 6.45) is 3.11. The van der Waals surface area contributed by atoms with Crippen LogP contribution in [0.4, 0.5) is 0 Å². The van der Waals surface area contributed by atoms with Gasteiger partial charge in [0.15, 0.2) is 0 Å². The number of aliphatic hydroxyl groups excluding tert-OH is 1. The van der Waals surface area contributed by atoms with Crippen molar-refractivity contribution in [1.82, 2.24) is 5.32 Å². The molecule has 0 aliphatic heterocycles. The number of esters is 1. The average Bonchev–Trinajstić information content (AvgIpc) is 2.16. The van der Waals surface area contributed by atoms with Gasteiger partial charge in [-0.1, -0.05) is 0 Å². The van der Waals surface area contributed by atoms with Crippen LogP contribution in [0.2, 0.25) is 0 Å². The van der Waals surface area contributed by atoms with E-state index in [1.54, 1.807) is 0 Å². The van der Waals surface area contributed by atoms with Gasteiger partial charge >= 0.3 is 5.97 Å². The molecule has 0 unspecified atom stereocenters. The lowest BCUT2D eigenvalue weighted by Gasteiger charge is -2.02. The maximum Gasteiger partial charge on any atom is 0.305 e. The lowest BCUT2D eigenvalue weighted by atomic mass is 10.3. The monoisotopic (exact) mass is 189 g/mol. The highest BCUT2D eigenvalue weighted by molar-refractivity contribution is 5.68. The van der Waals surface area contributed by atoms with Crippen LogP contribution in [0.1, 0.15) is 25.7 Å². The van der Waals surface area contributed by atoms with Crippen LogP contribution in [0.3, 0.4) is 0 Å². The minimum Gasteiger partial charge on any atom is -0.469 e. The van der Waals surface area contributed by atoms with Gasteiger partial charge in [-0.05, 0) is 32.4 Å². The van der Waals surface area contributed by atoms with Gasteiger partial charge in [0.2, 0.25) is 0 Å². The number of hydrogen-bond donors (Lipinski definition) is 2. The van der Waals surface area contributed by atoms with Gasteiger partial charge in [0.25, 0.3) is 0 Å². The van der Waals surface area contributed by atoms with E-state index in [4.69, 9.17) is 5.11 Å². The van der Waals surface area contributed by atoms with E-state index in [2.05, 4.69) is 10.1 Å². The van der Waals surface area contributed by atoms with Gasteiger partial charge in [-0.3, -0.25) is 4.79 Å². The molecule has 2 N–H and O–H groups in total. The van der Waals surface area contributed by atoms with Crippen molar-refractivity contribution < 1.29 is 14.6 Å². The van der Waals surface area contributed by atoms with Crippen LogP contribution in [-0.2, 0) is 9.53 Å². The summed E-state index contributed by atoms with van der Waals surface area (Å²) in [5, 5.41) is 11.7. The highest BCUT2D eigenvalue weighted by Crippen LogP contribution is 1.90. The molecule has 0 atom stereocenters. The van der Waals surface area contributed by atoms with E-state index >= 15 is 0 Å². The number of methoxy groups -OCH3 is 1. The van der Waals surface area contributed by atoms with Crippen molar-refractivity contribution in [3.05, 3.63) is 0 Å². The molecule has 0 aromatic rings. The smallest absolute Gasteiger partial charge is 0.305 e. The molecule has 0 aromatic carbocycles. The second-order valence-corrected chi connectivity index (χ2v) is 2.86. The van der Waals surface area contributed by atoms with Crippen molar-refractivity contribution in [2.75, 3.05) is 26.8 Å². The molecule has 0 fully saturated rings. The first kappa shape index (κ1) is 12.4. The average molecular weight is 189 g/mol. The van der Waals surface area contributed by atoms with Gasteiger partial charge in [0.1, 0.15) is 0 Å². The Morgan fingerprint density at radius 3 is 2.62 bits per heavy atom. The Balaban J connectivity index is 2.95. The van der Waals surface area contributed by atoms with E-state index < -0.39 is 0 Å². The number of nitrogens with one attached hydrogen (secondary N) is 1. The highest BCUT2D eigenvalue weighted by atomic mass is 16.5. The first-order valence-corrected chi connectivity index (χ1v) is 4.69. The zero-order valence-corrected chi connectivity index (χ0v) is 8.21. The molecule has 0 radical (unpaired) electrons. The third kappa shape index (κ3) is 9.30. The summed E-state index contributed by atoms with van der Waals surface area (Å²) in [5.74, 6) is -0.155. The molecule has 0 saturated heterocycles. The van der Waals surface area contributed by atoms with Crippen LogP contribution in [-0.4, -0.2) is 37.9 Å². The Kier molecular flexibility index (Phi) is 9.03. The summed E-state index contributed by atoms with van der Waals surface area (Å²) < 4.78 is 4.50. The summed E-state index contributed by atoms with van der Waals surface area (Å²) in [5.41, 5.74) is 0. The molecular formula is C9H19NO3. The van der Waals surface area contributed by atoms with Crippen LogP contribution >= 0.6 is 0 Å². The van der Waals surface area contributed by atoms with E-state index in [0.29, 0.717) is 6.42 Å². The van der Waals surface area contributed by atoms with E-state index in [9.17, 15) is 4.79 Å². The van der Waals surface area contributed by atoms with Gasteiger partial charge in [-0.15, -0.1) is 0 Å². The molecule has 0 amide bonds. The standard InChI is InChI=1S/C9H19NO3/c1-13-9(12)5-4-7-10-6-2-3-8-11/h10-11H,2-8H2,1H3. The van der Waals surface area contributed by atoms with E-state index in [-0.39, 0.29) is 12.6 Å². The van der Waals surface area contributed by atoms with Crippen molar-refractivity contribution in [1.29, 1.82) is 0 Å².